The van der Waals surface area contributed by atoms with Gasteiger partial charge in [0.25, 0.3) is 0 Å². The molecule has 0 fully saturated rings. The van der Waals surface area contributed by atoms with Gasteiger partial charge in [-0.3, -0.25) is 4.79 Å². The van der Waals surface area contributed by atoms with Gasteiger partial charge in [0.05, 0.1) is 23.4 Å². The van der Waals surface area contributed by atoms with Crippen molar-refractivity contribution in [3.8, 4) is 5.69 Å². The Bertz CT molecular complexity index is 1200. The summed E-state index contributed by atoms with van der Waals surface area (Å²) in [5.74, 6) is -1.95. The molecule has 0 saturated carbocycles. The number of carbonyl (C=O) groups excluding carboxylic acids is 1. The smallest absolute Gasteiger partial charge is 0.550 e. The fourth-order valence-corrected chi connectivity index (χ4v) is 3.80. The molecule has 1 heterocycles. The van der Waals surface area contributed by atoms with Crippen LogP contribution in [0.2, 0.25) is 0 Å². The van der Waals surface area contributed by atoms with E-state index in [1.165, 1.54) is 18.2 Å². The summed E-state index contributed by atoms with van der Waals surface area (Å²) < 4.78 is 15.4. The number of aliphatic carboxylic acids is 1. The number of aliphatic hydroxyl groups is 2. The van der Waals surface area contributed by atoms with Crippen molar-refractivity contribution >= 4 is 22.9 Å². The number of para-hydroxylation sites is 1. The van der Waals surface area contributed by atoms with E-state index < -0.39 is 30.4 Å². The molecule has 0 aliphatic heterocycles. The minimum absolute atomic E-state index is 0. The quantitative estimate of drug-likeness (QED) is 0.442. The van der Waals surface area contributed by atoms with Crippen LogP contribution >= 0.6 is 0 Å². The Morgan fingerprint density at radius 2 is 1.76 bits per heavy atom. The Kier molecular flexibility index (Phi) is 9.57. The summed E-state index contributed by atoms with van der Waals surface area (Å²) in [5.41, 5.74) is 2.16. The maximum atomic E-state index is 13.6. The van der Waals surface area contributed by atoms with Gasteiger partial charge in [0.1, 0.15) is 5.82 Å². The number of pyridine rings is 1. The van der Waals surface area contributed by atoms with E-state index in [1.54, 1.807) is 42.5 Å². The number of carbonyl (C=O) groups is 1. The van der Waals surface area contributed by atoms with Crippen molar-refractivity contribution in [3.63, 3.8) is 0 Å². The number of nitrogens with zero attached hydrogens (tertiary/aromatic N) is 1. The van der Waals surface area contributed by atoms with Crippen LogP contribution in [0.4, 0.5) is 4.39 Å². The van der Waals surface area contributed by atoms with Crippen LogP contribution in [-0.2, 0) is 4.79 Å². The van der Waals surface area contributed by atoms with Gasteiger partial charge in [-0.2, -0.15) is 0 Å². The fraction of sp³-hybridized carbons (Fsp3) is 0.280. The Balaban J connectivity index is 0.00000385. The molecule has 2 N–H and O–H groups in total. The molecule has 3 aromatic rings. The van der Waals surface area contributed by atoms with Gasteiger partial charge >= 0.3 is 29.6 Å². The zero-order valence-electron chi connectivity index (χ0n) is 18.9. The molecule has 0 radical (unpaired) electrons. The molecule has 0 aliphatic rings. The van der Waals surface area contributed by atoms with Crippen LogP contribution in [0, 0.1) is 5.82 Å². The number of aliphatic hydroxyl groups excluding tert-OH is 2. The second kappa shape index (κ2) is 11.7. The molecule has 0 bridgehead atoms. The van der Waals surface area contributed by atoms with E-state index >= 15 is 0 Å². The van der Waals surface area contributed by atoms with Crippen molar-refractivity contribution in [1.29, 1.82) is 0 Å². The van der Waals surface area contributed by atoms with E-state index in [-0.39, 0.29) is 47.3 Å². The molecule has 2 unspecified atom stereocenters. The average molecular weight is 461 g/mol. The summed E-state index contributed by atoms with van der Waals surface area (Å²) >= 11 is 0. The molecule has 6 nitrogen and oxygen atoms in total. The summed E-state index contributed by atoms with van der Waals surface area (Å²) in [4.78, 5) is 23.9. The first-order valence-corrected chi connectivity index (χ1v) is 10.4. The number of carboxylic acids is 1. The molecule has 0 spiro atoms. The van der Waals surface area contributed by atoms with Gasteiger partial charge in [-0.25, -0.2) is 4.39 Å². The van der Waals surface area contributed by atoms with E-state index in [0.717, 1.165) is 0 Å². The third kappa shape index (κ3) is 6.40. The van der Waals surface area contributed by atoms with Gasteiger partial charge in [-0.05, 0) is 48.4 Å². The summed E-state index contributed by atoms with van der Waals surface area (Å²) in [7, 11) is 0. The first kappa shape index (κ1) is 27.0. The topological polar surface area (TPSA) is 103 Å². The van der Waals surface area contributed by atoms with Crippen molar-refractivity contribution in [2.45, 2.75) is 44.8 Å². The molecule has 2 aromatic carbocycles. The second-order valence-corrected chi connectivity index (χ2v) is 8.00. The molecule has 2 atom stereocenters. The van der Waals surface area contributed by atoms with Gasteiger partial charge < -0.3 is 24.7 Å². The molecule has 0 saturated heterocycles. The molecule has 8 heteroatoms. The predicted molar refractivity (Wildman–Crippen MR) is 119 cm³/mol. The zero-order chi connectivity index (χ0) is 23.4. The van der Waals surface area contributed by atoms with Gasteiger partial charge in [0, 0.05) is 35.4 Å². The molecule has 168 valence electrons. The van der Waals surface area contributed by atoms with Crippen molar-refractivity contribution in [2.24, 2.45) is 0 Å². The number of hydrogen-bond acceptors (Lipinski definition) is 5. The second-order valence-electron chi connectivity index (χ2n) is 8.00. The van der Waals surface area contributed by atoms with Crippen LogP contribution in [0.25, 0.3) is 22.7 Å². The minimum Gasteiger partial charge on any atom is -0.550 e. The van der Waals surface area contributed by atoms with Gasteiger partial charge in [0.15, 0.2) is 5.43 Å². The summed E-state index contributed by atoms with van der Waals surface area (Å²) in [5, 5.41) is 31.2. The Morgan fingerprint density at radius 1 is 1.12 bits per heavy atom. The van der Waals surface area contributed by atoms with Crippen LogP contribution in [0.5, 0.6) is 0 Å². The molecule has 33 heavy (non-hydrogen) atoms. The van der Waals surface area contributed by atoms with E-state index in [1.807, 2.05) is 18.4 Å². The summed E-state index contributed by atoms with van der Waals surface area (Å²) in [6, 6.07) is 13.0. The van der Waals surface area contributed by atoms with Gasteiger partial charge in [-0.15, -0.1) is 0 Å². The van der Waals surface area contributed by atoms with Crippen LogP contribution < -0.4 is 40.1 Å². The van der Waals surface area contributed by atoms with Crippen molar-refractivity contribution < 1.29 is 54.1 Å². The fourth-order valence-electron chi connectivity index (χ4n) is 3.80. The van der Waals surface area contributed by atoms with Crippen LogP contribution in [0.1, 0.15) is 43.9 Å². The molecule has 0 amide bonds. The molecule has 0 aliphatic carbocycles. The number of benzene rings is 2. The van der Waals surface area contributed by atoms with Crippen molar-refractivity contribution in [1.82, 2.24) is 4.57 Å². The molecular weight excluding hydrogens is 436 g/mol. The number of halogens is 1. The first-order chi connectivity index (χ1) is 15.2. The number of hydrogen-bond donors (Lipinski definition) is 2. The monoisotopic (exact) mass is 461 g/mol. The number of carboxylic acid groups (broad SMARTS) is 1. The van der Waals surface area contributed by atoms with Crippen molar-refractivity contribution in [3.05, 3.63) is 81.9 Å². The van der Waals surface area contributed by atoms with Crippen LogP contribution in [0.3, 0.4) is 0 Å². The average Bonchev–Trinajstić information content (AvgIpc) is 2.72. The minimum atomic E-state index is -1.41. The van der Waals surface area contributed by atoms with Gasteiger partial charge in [-0.1, -0.05) is 32.1 Å². The number of rotatable bonds is 8. The standard InChI is InChI=1S/C25H26FNO5.Na/c1-15(2)24-22(12-11-18(28)13-19(29)14-23(30)31)27(17-9-7-16(26)8-10-17)21-6-4-3-5-20(21)25(24)32;/h3-12,15,18-19,28-29H,13-14H2,1-2H3,(H,30,31);/q;+1/p-1. The largest absolute Gasteiger partial charge is 1.00 e. The third-order valence-corrected chi connectivity index (χ3v) is 5.21. The number of fused-ring (bicyclic) bond motifs is 1. The van der Waals surface area contributed by atoms with E-state index in [0.29, 0.717) is 27.8 Å². The third-order valence-electron chi connectivity index (χ3n) is 5.21. The zero-order valence-corrected chi connectivity index (χ0v) is 20.9. The van der Waals surface area contributed by atoms with Crippen molar-refractivity contribution in [2.75, 3.05) is 0 Å². The first-order valence-electron chi connectivity index (χ1n) is 10.4. The van der Waals surface area contributed by atoms with Gasteiger partial charge in [0.2, 0.25) is 0 Å². The number of aromatic nitrogens is 1. The van der Waals surface area contributed by atoms with Crippen LogP contribution in [-0.4, -0.2) is 33.0 Å². The molecule has 1 aromatic heterocycles. The Morgan fingerprint density at radius 3 is 2.36 bits per heavy atom. The van der Waals surface area contributed by atoms with E-state index in [2.05, 4.69) is 0 Å². The SMILES string of the molecule is CC(C)c1c(C=CC(O)CC(O)CC(=O)[O-])n(-c2ccc(F)cc2)c2ccccc2c1=O.[Na+]. The Labute approximate surface area is 213 Å². The molecule has 3 rings (SSSR count). The summed E-state index contributed by atoms with van der Waals surface area (Å²) in [6.07, 6.45) is -0.196. The maximum absolute atomic E-state index is 13.6. The van der Waals surface area contributed by atoms with E-state index in [9.17, 15) is 29.3 Å². The normalized spacial score (nSPS) is 13.3. The maximum Gasteiger partial charge on any atom is 1.00 e. The van der Waals surface area contributed by atoms with Crippen LogP contribution in [0.15, 0.2) is 59.4 Å². The van der Waals surface area contributed by atoms with E-state index in [4.69, 9.17) is 0 Å². The summed E-state index contributed by atoms with van der Waals surface area (Å²) in [6.45, 7) is 3.77. The Hall–Kier alpha value is -2.29. The molecular formula is C25H25FNNaO5. The predicted octanol–water partition coefficient (Wildman–Crippen LogP) is -0.478.